The molecule has 0 radical (unpaired) electrons. The first-order chi connectivity index (χ1) is 10.3. The van der Waals surface area contributed by atoms with Crippen molar-refractivity contribution >= 4 is 17.2 Å². The van der Waals surface area contributed by atoms with E-state index in [2.05, 4.69) is 15.6 Å². The van der Waals surface area contributed by atoms with Crippen LogP contribution < -0.4 is 10.6 Å². The topological polar surface area (TPSA) is 54.0 Å². The standard InChI is InChI=1S/C16H19N3OS/c20-14(11-13-7-4-8-17-13)19-15(16-18-9-10-21-16)12-5-2-1-3-6-12/h1-3,5-6,9-10,13,15,17H,4,7-8,11H2,(H,19,20). The number of nitrogens with one attached hydrogen (secondary N) is 2. The smallest absolute Gasteiger partial charge is 0.222 e. The Bertz CT molecular complexity index is 564. The predicted molar refractivity (Wildman–Crippen MR) is 84.2 cm³/mol. The fraction of sp³-hybridized carbons (Fsp3) is 0.375. The van der Waals surface area contributed by atoms with Crippen molar-refractivity contribution in [2.45, 2.75) is 31.3 Å². The molecular formula is C16H19N3OS. The molecule has 2 atom stereocenters. The minimum absolute atomic E-state index is 0.0819. The monoisotopic (exact) mass is 301 g/mol. The number of benzene rings is 1. The average molecular weight is 301 g/mol. The molecule has 4 nitrogen and oxygen atoms in total. The highest BCUT2D eigenvalue weighted by atomic mass is 32.1. The lowest BCUT2D eigenvalue weighted by atomic mass is 10.1. The molecule has 2 unspecified atom stereocenters. The van der Waals surface area contributed by atoms with Gasteiger partial charge in [-0.15, -0.1) is 11.3 Å². The lowest BCUT2D eigenvalue weighted by Crippen LogP contribution is -2.34. The van der Waals surface area contributed by atoms with Gasteiger partial charge in [-0.3, -0.25) is 4.79 Å². The fourth-order valence-electron chi connectivity index (χ4n) is 2.68. The summed E-state index contributed by atoms with van der Waals surface area (Å²) in [5.74, 6) is 0.0819. The number of rotatable bonds is 5. The Hall–Kier alpha value is -1.72. The van der Waals surface area contributed by atoms with E-state index in [1.807, 2.05) is 35.7 Å². The Morgan fingerprint density at radius 2 is 2.29 bits per heavy atom. The van der Waals surface area contributed by atoms with Crippen molar-refractivity contribution in [1.29, 1.82) is 0 Å². The molecule has 1 aromatic carbocycles. The van der Waals surface area contributed by atoms with Crippen LogP contribution in [0.4, 0.5) is 0 Å². The number of nitrogens with zero attached hydrogens (tertiary/aromatic N) is 1. The molecule has 1 aliphatic heterocycles. The molecule has 21 heavy (non-hydrogen) atoms. The number of amides is 1. The highest BCUT2D eigenvalue weighted by molar-refractivity contribution is 7.09. The summed E-state index contributed by atoms with van der Waals surface area (Å²) < 4.78 is 0. The second-order valence-corrected chi connectivity index (χ2v) is 6.21. The van der Waals surface area contributed by atoms with Gasteiger partial charge in [0.15, 0.2) is 0 Å². The van der Waals surface area contributed by atoms with Gasteiger partial charge in [0.1, 0.15) is 11.0 Å². The fourth-order valence-corrected chi connectivity index (χ4v) is 3.40. The minimum Gasteiger partial charge on any atom is -0.343 e. The molecule has 1 fully saturated rings. The van der Waals surface area contributed by atoms with Crippen LogP contribution in [-0.2, 0) is 4.79 Å². The zero-order chi connectivity index (χ0) is 14.5. The third kappa shape index (κ3) is 3.68. The van der Waals surface area contributed by atoms with Crippen molar-refractivity contribution in [1.82, 2.24) is 15.6 Å². The average Bonchev–Trinajstić information content (AvgIpc) is 3.19. The van der Waals surface area contributed by atoms with Crippen LogP contribution >= 0.6 is 11.3 Å². The quantitative estimate of drug-likeness (QED) is 0.892. The van der Waals surface area contributed by atoms with Crippen molar-refractivity contribution in [3.63, 3.8) is 0 Å². The Morgan fingerprint density at radius 1 is 1.43 bits per heavy atom. The summed E-state index contributed by atoms with van der Waals surface area (Å²) in [6.07, 6.45) is 4.56. The molecular weight excluding hydrogens is 282 g/mol. The summed E-state index contributed by atoms with van der Waals surface area (Å²) in [6, 6.07) is 10.2. The zero-order valence-electron chi connectivity index (χ0n) is 11.8. The van der Waals surface area contributed by atoms with Crippen LogP contribution in [-0.4, -0.2) is 23.5 Å². The maximum absolute atomic E-state index is 12.3. The highest BCUT2D eigenvalue weighted by Crippen LogP contribution is 2.24. The lowest BCUT2D eigenvalue weighted by Gasteiger charge is -2.18. The first kappa shape index (κ1) is 14.2. The number of hydrogen-bond donors (Lipinski definition) is 2. The molecule has 1 aliphatic rings. The molecule has 1 aromatic heterocycles. The van der Waals surface area contributed by atoms with Gasteiger partial charge >= 0.3 is 0 Å². The van der Waals surface area contributed by atoms with E-state index in [-0.39, 0.29) is 11.9 Å². The number of carbonyl (C=O) groups is 1. The van der Waals surface area contributed by atoms with E-state index in [1.54, 1.807) is 17.5 Å². The molecule has 2 N–H and O–H groups in total. The molecule has 0 saturated carbocycles. The van der Waals surface area contributed by atoms with Crippen LogP contribution in [0.15, 0.2) is 41.9 Å². The highest BCUT2D eigenvalue weighted by Gasteiger charge is 2.22. The van der Waals surface area contributed by atoms with Gasteiger partial charge in [0.25, 0.3) is 0 Å². The van der Waals surface area contributed by atoms with Crippen molar-refractivity contribution in [3.05, 3.63) is 52.5 Å². The van der Waals surface area contributed by atoms with Gasteiger partial charge in [0, 0.05) is 24.0 Å². The van der Waals surface area contributed by atoms with Gasteiger partial charge in [-0.2, -0.15) is 0 Å². The molecule has 2 aromatic rings. The van der Waals surface area contributed by atoms with Crippen LogP contribution in [0.5, 0.6) is 0 Å². The minimum atomic E-state index is -0.153. The molecule has 2 heterocycles. The van der Waals surface area contributed by atoms with Crippen LogP contribution in [0.2, 0.25) is 0 Å². The second kappa shape index (κ2) is 6.83. The third-order valence-electron chi connectivity index (χ3n) is 3.73. The Morgan fingerprint density at radius 3 is 2.95 bits per heavy atom. The van der Waals surface area contributed by atoms with E-state index in [0.29, 0.717) is 12.5 Å². The first-order valence-electron chi connectivity index (χ1n) is 7.30. The Kier molecular flexibility index (Phi) is 4.62. The van der Waals surface area contributed by atoms with E-state index < -0.39 is 0 Å². The molecule has 5 heteroatoms. The van der Waals surface area contributed by atoms with Gasteiger partial charge < -0.3 is 10.6 Å². The summed E-state index contributed by atoms with van der Waals surface area (Å²) in [5.41, 5.74) is 1.07. The van der Waals surface area contributed by atoms with Gasteiger partial charge in [-0.1, -0.05) is 30.3 Å². The summed E-state index contributed by atoms with van der Waals surface area (Å²) in [7, 11) is 0. The Labute approximate surface area is 128 Å². The van der Waals surface area contributed by atoms with Crippen molar-refractivity contribution in [2.24, 2.45) is 0 Å². The number of hydrogen-bond acceptors (Lipinski definition) is 4. The van der Waals surface area contributed by atoms with Gasteiger partial charge in [-0.05, 0) is 24.9 Å². The molecule has 0 spiro atoms. The number of carbonyl (C=O) groups excluding carboxylic acids is 1. The van der Waals surface area contributed by atoms with Crippen molar-refractivity contribution in [3.8, 4) is 0 Å². The normalized spacial score (nSPS) is 19.3. The van der Waals surface area contributed by atoms with Crippen LogP contribution in [0.1, 0.15) is 35.9 Å². The lowest BCUT2D eigenvalue weighted by molar-refractivity contribution is -0.122. The summed E-state index contributed by atoms with van der Waals surface area (Å²) >= 11 is 1.57. The van der Waals surface area contributed by atoms with E-state index >= 15 is 0 Å². The number of aromatic nitrogens is 1. The molecule has 1 saturated heterocycles. The zero-order valence-corrected chi connectivity index (χ0v) is 12.6. The maximum atomic E-state index is 12.3. The third-order valence-corrected chi connectivity index (χ3v) is 4.57. The molecule has 3 rings (SSSR count). The van der Waals surface area contributed by atoms with Gasteiger partial charge in [0.2, 0.25) is 5.91 Å². The van der Waals surface area contributed by atoms with E-state index in [4.69, 9.17) is 0 Å². The van der Waals surface area contributed by atoms with Gasteiger partial charge in [-0.25, -0.2) is 4.98 Å². The van der Waals surface area contributed by atoms with Gasteiger partial charge in [0.05, 0.1) is 0 Å². The molecule has 0 aliphatic carbocycles. The van der Waals surface area contributed by atoms with E-state index in [0.717, 1.165) is 30.0 Å². The molecule has 1 amide bonds. The second-order valence-electron chi connectivity index (χ2n) is 5.28. The number of thiazole rings is 1. The SMILES string of the molecule is O=C(CC1CCCN1)NC(c1ccccc1)c1nccs1. The molecule has 0 bridgehead atoms. The van der Waals surface area contributed by atoms with Crippen LogP contribution in [0.3, 0.4) is 0 Å². The summed E-state index contributed by atoms with van der Waals surface area (Å²) in [5, 5.41) is 9.36. The van der Waals surface area contributed by atoms with Crippen LogP contribution in [0.25, 0.3) is 0 Å². The van der Waals surface area contributed by atoms with E-state index in [1.165, 1.54) is 0 Å². The Balaban J connectivity index is 1.72. The van der Waals surface area contributed by atoms with Crippen molar-refractivity contribution < 1.29 is 4.79 Å². The molecule has 110 valence electrons. The predicted octanol–water partition coefficient (Wildman–Crippen LogP) is 2.49. The largest absolute Gasteiger partial charge is 0.343 e. The summed E-state index contributed by atoms with van der Waals surface area (Å²) in [6.45, 7) is 1.02. The van der Waals surface area contributed by atoms with E-state index in [9.17, 15) is 4.79 Å². The van der Waals surface area contributed by atoms with Crippen LogP contribution in [0, 0.1) is 0 Å². The van der Waals surface area contributed by atoms with Crippen molar-refractivity contribution in [2.75, 3.05) is 6.54 Å². The first-order valence-corrected chi connectivity index (χ1v) is 8.18. The maximum Gasteiger partial charge on any atom is 0.222 e. The summed E-state index contributed by atoms with van der Waals surface area (Å²) in [4.78, 5) is 16.7.